The van der Waals surface area contributed by atoms with E-state index in [0.29, 0.717) is 16.3 Å². The Kier molecular flexibility index (Phi) is 12.3. The van der Waals surface area contributed by atoms with Crippen LogP contribution in [0.3, 0.4) is 0 Å². The SMILES string of the molecule is C[C@H](O/N=C(\C(=O)N[C@@H]1C(=O)N2C(C(=O)O)=C(CN3C=C(NCCNC(=O)c4ccc(O)c(O)c4)C(N)=NC3)CSC12)C1=C(Cl)SC(N)=CC=C1)C(=O)O. The molecule has 1 aromatic rings. The molecule has 3 atom stereocenters. The van der Waals surface area contributed by atoms with E-state index in [0.717, 1.165) is 22.7 Å². The smallest absolute Gasteiger partial charge is 0.352 e. The van der Waals surface area contributed by atoms with Crippen molar-refractivity contribution in [2.24, 2.45) is 21.6 Å². The van der Waals surface area contributed by atoms with Gasteiger partial charge in [-0.05, 0) is 36.8 Å². The number of aliphatic imine (C=N–C) groups is 1. The van der Waals surface area contributed by atoms with Gasteiger partial charge in [0.1, 0.15) is 29.6 Å². The molecule has 0 bridgehead atoms. The number of aromatic hydroxyl groups is 2. The molecule has 3 amide bonds. The number of β-lactam (4-membered cyclic amide) rings is 1. The van der Waals surface area contributed by atoms with Crippen LogP contribution < -0.4 is 27.4 Å². The van der Waals surface area contributed by atoms with Crippen LogP contribution in [0.1, 0.15) is 17.3 Å². The van der Waals surface area contributed by atoms with E-state index >= 15 is 0 Å². The number of nitrogens with one attached hydrogen (secondary N) is 3. The Morgan fingerprint density at radius 1 is 1.17 bits per heavy atom. The second kappa shape index (κ2) is 16.9. The van der Waals surface area contributed by atoms with Crippen molar-refractivity contribution in [1.29, 1.82) is 0 Å². The lowest BCUT2D eigenvalue weighted by Gasteiger charge is -2.49. The van der Waals surface area contributed by atoms with Crippen molar-refractivity contribution in [2.45, 2.75) is 24.4 Å². The first-order valence-corrected chi connectivity index (χ1v) is 18.1. The largest absolute Gasteiger partial charge is 0.504 e. The fourth-order valence-electron chi connectivity index (χ4n) is 5.23. The first kappa shape index (κ1) is 39.4. The maximum absolute atomic E-state index is 13.6. The summed E-state index contributed by atoms with van der Waals surface area (Å²) >= 11 is 8.54. The van der Waals surface area contributed by atoms with Gasteiger partial charge in [-0.2, -0.15) is 0 Å². The van der Waals surface area contributed by atoms with E-state index in [9.17, 15) is 44.4 Å². The van der Waals surface area contributed by atoms with Gasteiger partial charge in [0.2, 0.25) is 6.10 Å². The number of carboxylic acids is 2. The number of carbonyl (C=O) groups excluding carboxylic acids is 3. The van der Waals surface area contributed by atoms with Crippen LogP contribution in [-0.2, 0) is 24.0 Å². The molecule has 54 heavy (non-hydrogen) atoms. The number of oxime groups is 1. The summed E-state index contributed by atoms with van der Waals surface area (Å²) in [5.74, 6) is -5.23. The van der Waals surface area contributed by atoms with Crippen LogP contribution in [0.25, 0.3) is 0 Å². The Labute approximate surface area is 320 Å². The summed E-state index contributed by atoms with van der Waals surface area (Å²) in [6, 6.07) is 2.52. The summed E-state index contributed by atoms with van der Waals surface area (Å²) in [5.41, 5.74) is 12.3. The van der Waals surface area contributed by atoms with E-state index in [4.69, 9.17) is 27.9 Å². The number of phenolic OH excluding ortho intramolecular Hbond substituents is 2. The molecule has 1 saturated heterocycles. The number of allylic oxidation sites excluding steroid dienone is 3. The molecule has 0 radical (unpaired) electrons. The molecule has 0 saturated carbocycles. The van der Waals surface area contributed by atoms with Gasteiger partial charge in [0.05, 0.1) is 15.1 Å². The fourth-order valence-corrected chi connectivity index (χ4v) is 7.62. The molecular formula is C32H34ClN9O10S2. The van der Waals surface area contributed by atoms with E-state index < -0.39 is 58.6 Å². The molecule has 4 aliphatic rings. The van der Waals surface area contributed by atoms with Crippen molar-refractivity contribution in [3.63, 3.8) is 0 Å². The van der Waals surface area contributed by atoms with Gasteiger partial charge in [-0.15, -0.1) is 11.8 Å². The number of thioether (sulfide) groups is 2. The van der Waals surface area contributed by atoms with E-state index in [2.05, 4.69) is 26.1 Å². The molecule has 1 fully saturated rings. The zero-order chi connectivity index (χ0) is 39.3. The number of amides is 3. The minimum absolute atomic E-state index is 0.0304. The number of rotatable bonds is 14. The second-order valence-corrected chi connectivity index (χ2v) is 14.5. The number of halogens is 1. The standard InChI is InChI=1S/C32H34ClN9O10S2/c1-14(31(48)49)52-40-22(17-3-2-4-21(34)54-25(17)33)28(46)39-23-29(47)42-24(32(50)51)16(12-53-30(23)42)10-41-11-18(26(35)38-13-41)36-7-8-37-27(45)15-5-6-19(43)20(44)9-15/h2-6,9,11,14,23,30,36,43-44H,7-8,10,12-13,34H2,1H3,(H2,35,38)(H,37,45)(H,39,46)(H,48,49)(H,50,51)/b40-22-/t14-,23+,30?/m0/s1. The second-order valence-electron chi connectivity index (χ2n) is 11.7. The van der Waals surface area contributed by atoms with Crippen molar-refractivity contribution >= 4 is 76.3 Å². The van der Waals surface area contributed by atoms with Crippen LogP contribution in [0.5, 0.6) is 11.5 Å². The van der Waals surface area contributed by atoms with Crippen LogP contribution in [0.4, 0.5) is 0 Å². The minimum atomic E-state index is -1.43. The molecule has 5 rings (SSSR count). The van der Waals surface area contributed by atoms with Crippen LogP contribution in [0, 0.1) is 0 Å². The van der Waals surface area contributed by atoms with Gasteiger partial charge in [-0.1, -0.05) is 40.7 Å². The van der Waals surface area contributed by atoms with Gasteiger partial charge >= 0.3 is 11.9 Å². The summed E-state index contributed by atoms with van der Waals surface area (Å²) in [6.45, 7) is 1.73. The zero-order valence-electron chi connectivity index (χ0n) is 28.2. The van der Waals surface area contributed by atoms with Crippen LogP contribution in [0.2, 0.25) is 0 Å². The monoisotopic (exact) mass is 803 g/mol. The summed E-state index contributed by atoms with van der Waals surface area (Å²) < 4.78 is 0.0304. The highest BCUT2D eigenvalue weighted by atomic mass is 35.5. The molecule has 1 unspecified atom stereocenters. The molecule has 286 valence electrons. The van der Waals surface area contributed by atoms with Gasteiger partial charge in [0.25, 0.3) is 17.7 Å². The maximum Gasteiger partial charge on any atom is 0.352 e. The lowest BCUT2D eigenvalue weighted by molar-refractivity contribution is -0.150. The highest BCUT2D eigenvalue weighted by molar-refractivity contribution is 8.08. The number of nitrogens with zero attached hydrogens (tertiary/aromatic N) is 4. The van der Waals surface area contributed by atoms with Crippen molar-refractivity contribution < 1.29 is 49.2 Å². The number of phenols is 2. The molecule has 11 N–H and O–H groups in total. The average molecular weight is 804 g/mol. The first-order valence-electron chi connectivity index (χ1n) is 15.9. The van der Waals surface area contributed by atoms with E-state index in [1.807, 2.05) is 0 Å². The number of benzene rings is 1. The third kappa shape index (κ3) is 8.86. The van der Waals surface area contributed by atoms with E-state index in [-0.39, 0.29) is 64.8 Å². The van der Waals surface area contributed by atoms with Crippen LogP contribution >= 0.6 is 35.1 Å². The summed E-state index contributed by atoms with van der Waals surface area (Å²) in [4.78, 5) is 75.4. The zero-order valence-corrected chi connectivity index (χ0v) is 30.6. The van der Waals surface area contributed by atoms with Gasteiger partial charge < -0.3 is 57.6 Å². The molecule has 0 aromatic heterocycles. The molecule has 0 aliphatic carbocycles. The number of hydrogen-bond donors (Lipinski definition) is 9. The third-order valence-electron chi connectivity index (χ3n) is 7.97. The molecule has 1 aromatic carbocycles. The number of amidine groups is 1. The van der Waals surface area contributed by atoms with Crippen LogP contribution in [0.15, 0.2) is 84.7 Å². The summed E-state index contributed by atoms with van der Waals surface area (Å²) in [5, 5.41) is 50.1. The van der Waals surface area contributed by atoms with E-state index in [1.165, 1.54) is 49.0 Å². The number of hydrogen-bond acceptors (Lipinski definition) is 16. The predicted molar refractivity (Wildman–Crippen MR) is 199 cm³/mol. The number of aliphatic carboxylic acids is 2. The number of carbonyl (C=O) groups is 5. The quantitative estimate of drug-likeness (QED) is 0.0394. The van der Waals surface area contributed by atoms with Crippen molar-refractivity contribution in [3.05, 3.63) is 80.1 Å². The number of nitrogens with two attached hydrogens (primary N) is 2. The third-order valence-corrected chi connectivity index (χ3v) is 10.5. The molecule has 0 spiro atoms. The number of carboxylic acid groups (broad SMARTS) is 2. The lowest BCUT2D eigenvalue weighted by atomic mass is 10.0. The molecular weight excluding hydrogens is 770 g/mol. The van der Waals surface area contributed by atoms with Crippen molar-refractivity contribution in [3.8, 4) is 11.5 Å². The molecule has 4 aliphatic heterocycles. The Balaban J connectivity index is 1.24. The highest BCUT2D eigenvalue weighted by Crippen LogP contribution is 2.41. The number of fused-ring (bicyclic) bond motifs is 1. The average Bonchev–Trinajstić information content (AvgIpc) is 3.29. The van der Waals surface area contributed by atoms with Crippen LogP contribution in [-0.4, -0.2) is 121 Å². The van der Waals surface area contributed by atoms with Gasteiger partial charge in [-0.25, -0.2) is 14.6 Å². The van der Waals surface area contributed by atoms with Gasteiger partial charge in [0.15, 0.2) is 17.2 Å². The summed E-state index contributed by atoms with van der Waals surface area (Å²) in [7, 11) is 0. The Hall–Kier alpha value is -5.80. The lowest BCUT2D eigenvalue weighted by Crippen LogP contribution is -2.71. The maximum atomic E-state index is 13.6. The topological polar surface area (TPSA) is 295 Å². The fraction of sp³-hybridized carbons (Fsp3) is 0.281. The minimum Gasteiger partial charge on any atom is -0.504 e. The molecule has 22 heteroatoms. The predicted octanol–water partition coefficient (Wildman–Crippen LogP) is 0.0267. The summed E-state index contributed by atoms with van der Waals surface area (Å²) in [6.07, 6.45) is 4.65. The van der Waals surface area contributed by atoms with Crippen molar-refractivity contribution in [1.82, 2.24) is 25.8 Å². The molecule has 4 heterocycles. The van der Waals surface area contributed by atoms with Gasteiger partial charge in [-0.3, -0.25) is 19.3 Å². The van der Waals surface area contributed by atoms with E-state index in [1.54, 1.807) is 11.1 Å². The molecule has 19 nitrogen and oxygen atoms in total. The highest BCUT2D eigenvalue weighted by Gasteiger charge is 2.54. The Morgan fingerprint density at radius 3 is 2.63 bits per heavy atom. The Bertz CT molecular complexity index is 2000. The Morgan fingerprint density at radius 2 is 1.93 bits per heavy atom. The van der Waals surface area contributed by atoms with Crippen molar-refractivity contribution in [2.75, 3.05) is 32.1 Å². The normalized spacial score (nSPS) is 20.4. The first-order chi connectivity index (χ1) is 25.7. The van der Waals surface area contributed by atoms with Gasteiger partial charge in [0, 0.05) is 42.7 Å².